The summed E-state index contributed by atoms with van der Waals surface area (Å²) in [7, 11) is 0. The molecule has 2 amide bonds. The van der Waals surface area contributed by atoms with E-state index < -0.39 is 17.6 Å². The lowest BCUT2D eigenvalue weighted by atomic mass is 10.1. The third-order valence-corrected chi connectivity index (χ3v) is 4.87. The number of amides is 2. The van der Waals surface area contributed by atoms with E-state index in [4.69, 9.17) is 4.74 Å². The molecule has 0 aliphatic carbocycles. The van der Waals surface area contributed by atoms with Crippen molar-refractivity contribution in [3.05, 3.63) is 65.2 Å². The maximum absolute atomic E-state index is 12.8. The van der Waals surface area contributed by atoms with Crippen molar-refractivity contribution in [1.29, 1.82) is 0 Å². The molecule has 0 saturated carbocycles. The second-order valence-electron chi connectivity index (χ2n) is 7.21. The second-order valence-corrected chi connectivity index (χ2v) is 7.21. The molecule has 2 aromatic carbocycles. The van der Waals surface area contributed by atoms with E-state index in [0.717, 1.165) is 25.2 Å². The molecule has 166 valence electrons. The van der Waals surface area contributed by atoms with Gasteiger partial charge < -0.3 is 15.4 Å². The quantitative estimate of drug-likeness (QED) is 0.700. The largest absolute Gasteiger partial charge is 0.416 e. The number of hydrogen-bond acceptors (Lipinski definition) is 4. The zero-order chi connectivity index (χ0) is 22.3. The van der Waals surface area contributed by atoms with Gasteiger partial charge in [0.15, 0.2) is 0 Å². The summed E-state index contributed by atoms with van der Waals surface area (Å²) in [5.41, 5.74) is 0.369. The van der Waals surface area contributed by atoms with Gasteiger partial charge >= 0.3 is 6.18 Å². The van der Waals surface area contributed by atoms with Crippen molar-refractivity contribution >= 4 is 17.5 Å². The minimum absolute atomic E-state index is 0.0672. The Morgan fingerprint density at radius 3 is 2.52 bits per heavy atom. The zero-order valence-electron chi connectivity index (χ0n) is 16.9. The van der Waals surface area contributed by atoms with Gasteiger partial charge in [0.1, 0.15) is 0 Å². The maximum Gasteiger partial charge on any atom is 0.416 e. The Balaban J connectivity index is 1.51. The average molecular weight is 435 g/mol. The van der Waals surface area contributed by atoms with Gasteiger partial charge in [-0.2, -0.15) is 13.2 Å². The number of carbonyl (C=O) groups excluding carboxylic acids is 2. The van der Waals surface area contributed by atoms with E-state index in [0.29, 0.717) is 37.4 Å². The molecule has 2 aromatic rings. The lowest BCUT2D eigenvalue weighted by Crippen LogP contribution is -2.38. The monoisotopic (exact) mass is 435 g/mol. The summed E-state index contributed by atoms with van der Waals surface area (Å²) in [4.78, 5) is 26.6. The molecular weight excluding hydrogens is 411 g/mol. The van der Waals surface area contributed by atoms with Crippen molar-refractivity contribution in [3.8, 4) is 0 Å². The van der Waals surface area contributed by atoms with Crippen LogP contribution in [0, 0.1) is 0 Å². The summed E-state index contributed by atoms with van der Waals surface area (Å²) in [6.07, 6.45) is -4.15. The fraction of sp³-hybridized carbons (Fsp3) is 0.364. The number of morpholine rings is 1. The van der Waals surface area contributed by atoms with E-state index in [1.54, 1.807) is 24.3 Å². The van der Waals surface area contributed by atoms with Gasteiger partial charge in [-0.25, -0.2) is 0 Å². The summed E-state index contributed by atoms with van der Waals surface area (Å²) in [5.74, 6) is -0.720. The summed E-state index contributed by atoms with van der Waals surface area (Å²) < 4.78 is 43.7. The molecule has 0 atom stereocenters. The number of carbonyl (C=O) groups is 2. The van der Waals surface area contributed by atoms with Crippen LogP contribution >= 0.6 is 0 Å². The van der Waals surface area contributed by atoms with Crippen LogP contribution in [0.15, 0.2) is 48.5 Å². The van der Waals surface area contributed by atoms with Crippen molar-refractivity contribution in [1.82, 2.24) is 10.2 Å². The maximum atomic E-state index is 12.8. The van der Waals surface area contributed by atoms with Crippen molar-refractivity contribution in [2.24, 2.45) is 0 Å². The Bertz CT molecular complexity index is 912. The highest BCUT2D eigenvalue weighted by molar-refractivity contribution is 5.94. The summed E-state index contributed by atoms with van der Waals surface area (Å²) in [6.45, 7) is 3.75. The molecular formula is C22H24F3N3O3. The first-order valence-electron chi connectivity index (χ1n) is 9.95. The van der Waals surface area contributed by atoms with E-state index in [-0.39, 0.29) is 18.0 Å². The number of alkyl halides is 3. The SMILES string of the molecule is O=C(CCN1CCOCC1)Nc1cccc(CNC(=O)c2cccc(C(F)(F)F)c2)c1. The van der Waals surface area contributed by atoms with Crippen LogP contribution in [0.25, 0.3) is 0 Å². The highest BCUT2D eigenvalue weighted by Crippen LogP contribution is 2.29. The van der Waals surface area contributed by atoms with Crippen LogP contribution in [0.3, 0.4) is 0 Å². The van der Waals surface area contributed by atoms with Gasteiger partial charge in [-0.15, -0.1) is 0 Å². The van der Waals surface area contributed by atoms with Crippen molar-refractivity contribution < 1.29 is 27.5 Å². The van der Waals surface area contributed by atoms with E-state index in [9.17, 15) is 22.8 Å². The van der Waals surface area contributed by atoms with Crippen LogP contribution in [0.4, 0.5) is 18.9 Å². The third kappa shape index (κ3) is 7.08. The van der Waals surface area contributed by atoms with Gasteiger partial charge in [-0.05, 0) is 35.9 Å². The molecule has 0 spiro atoms. The van der Waals surface area contributed by atoms with Crippen LogP contribution in [-0.2, 0) is 22.3 Å². The number of nitrogens with one attached hydrogen (secondary N) is 2. The van der Waals surface area contributed by atoms with Crippen LogP contribution in [-0.4, -0.2) is 49.6 Å². The number of rotatable bonds is 7. The van der Waals surface area contributed by atoms with Crippen LogP contribution in [0.1, 0.15) is 27.9 Å². The molecule has 1 aliphatic rings. The molecule has 31 heavy (non-hydrogen) atoms. The van der Waals surface area contributed by atoms with Gasteiger partial charge in [0.2, 0.25) is 5.91 Å². The highest BCUT2D eigenvalue weighted by Gasteiger charge is 2.30. The predicted octanol–water partition coefficient (Wildman–Crippen LogP) is 3.30. The number of anilines is 1. The van der Waals surface area contributed by atoms with Gasteiger partial charge in [0.25, 0.3) is 5.91 Å². The Morgan fingerprint density at radius 1 is 1.03 bits per heavy atom. The van der Waals surface area contributed by atoms with E-state index >= 15 is 0 Å². The minimum atomic E-state index is -4.51. The molecule has 0 aromatic heterocycles. The average Bonchev–Trinajstić information content (AvgIpc) is 2.76. The molecule has 1 saturated heterocycles. The second kappa shape index (κ2) is 10.4. The van der Waals surface area contributed by atoms with E-state index in [1.807, 2.05) is 0 Å². The molecule has 3 rings (SSSR count). The Hall–Kier alpha value is -2.91. The molecule has 0 bridgehead atoms. The first-order valence-corrected chi connectivity index (χ1v) is 9.95. The fourth-order valence-electron chi connectivity index (χ4n) is 3.19. The highest BCUT2D eigenvalue weighted by atomic mass is 19.4. The van der Waals surface area contributed by atoms with Gasteiger partial charge in [-0.1, -0.05) is 18.2 Å². The third-order valence-electron chi connectivity index (χ3n) is 4.87. The summed E-state index contributed by atoms with van der Waals surface area (Å²) >= 11 is 0. The number of hydrogen-bond donors (Lipinski definition) is 2. The van der Waals surface area contributed by atoms with E-state index in [1.165, 1.54) is 12.1 Å². The van der Waals surface area contributed by atoms with Crippen LogP contribution in [0.2, 0.25) is 0 Å². The van der Waals surface area contributed by atoms with Crippen molar-refractivity contribution in [2.45, 2.75) is 19.1 Å². The van der Waals surface area contributed by atoms with Gasteiger partial charge in [0, 0.05) is 43.9 Å². The summed E-state index contributed by atoms with van der Waals surface area (Å²) in [6, 6.07) is 11.2. The first-order chi connectivity index (χ1) is 14.8. The number of halogens is 3. The lowest BCUT2D eigenvalue weighted by Gasteiger charge is -2.26. The molecule has 6 nitrogen and oxygen atoms in total. The minimum Gasteiger partial charge on any atom is -0.379 e. The van der Waals surface area contributed by atoms with Crippen LogP contribution in [0.5, 0.6) is 0 Å². The van der Waals surface area contributed by atoms with Crippen LogP contribution < -0.4 is 10.6 Å². The van der Waals surface area contributed by atoms with Gasteiger partial charge in [-0.3, -0.25) is 14.5 Å². The first kappa shape index (κ1) is 22.8. The lowest BCUT2D eigenvalue weighted by molar-refractivity contribution is -0.137. The summed E-state index contributed by atoms with van der Waals surface area (Å²) in [5, 5.41) is 5.44. The zero-order valence-corrected chi connectivity index (χ0v) is 16.9. The van der Waals surface area contributed by atoms with Gasteiger partial charge in [0.05, 0.1) is 18.8 Å². The Labute approximate surface area is 178 Å². The number of ether oxygens (including phenoxy) is 1. The number of benzene rings is 2. The smallest absolute Gasteiger partial charge is 0.379 e. The Kier molecular flexibility index (Phi) is 7.64. The fourth-order valence-corrected chi connectivity index (χ4v) is 3.19. The normalized spacial score (nSPS) is 14.8. The predicted molar refractivity (Wildman–Crippen MR) is 110 cm³/mol. The molecule has 1 aliphatic heterocycles. The topological polar surface area (TPSA) is 70.7 Å². The Morgan fingerprint density at radius 2 is 1.77 bits per heavy atom. The molecule has 0 unspecified atom stereocenters. The van der Waals surface area contributed by atoms with Crippen molar-refractivity contribution in [2.75, 3.05) is 38.2 Å². The molecule has 0 radical (unpaired) electrons. The molecule has 1 heterocycles. The van der Waals surface area contributed by atoms with E-state index in [2.05, 4.69) is 15.5 Å². The number of nitrogens with zero attached hydrogens (tertiary/aromatic N) is 1. The molecule has 9 heteroatoms. The standard InChI is InChI=1S/C22H24F3N3O3/c23-22(24,25)18-5-2-4-17(14-18)21(30)26-15-16-3-1-6-19(13-16)27-20(29)7-8-28-9-11-31-12-10-28/h1-6,13-14H,7-12,15H2,(H,26,30)(H,27,29). The van der Waals surface area contributed by atoms with Crippen molar-refractivity contribution in [3.63, 3.8) is 0 Å². The molecule has 1 fully saturated rings. The molecule has 2 N–H and O–H groups in total.